The van der Waals surface area contributed by atoms with Gasteiger partial charge in [-0.25, -0.2) is 4.39 Å². The molecule has 0 aliphatic heterocycles. The minimum Gasteiger partial charge on any atom is -0.409 e. The van der Waals surface area contributed by atoms with Crippen LogP contribution in [0, 0.1) is 18.2 Å². The van der Waals surface area contributed by atoms with Gasteiger partial charge < -0.3 is 16.3 Å². The largest absolute Gasteiger partial charge is 0.409 e. The molecule has 0 spiro atoms. The van der Waals surface area contributed by atoms with Gasteiger partial charge in [0.05, 0.1) is 0 Å². The summed E-state index contributed by atoms with van der Waals surface area (Å²) in [6.45, 7) is 8.26. The van der Waals surface area contributed by atoms with E-state index in [1.165, 1.54) is 0 Å². The van der Waals surface area contributed by atoms with Gasteiger partial charge in [0.15, 0.2) is 0 Å². The zero-order chi connectivity index (χ0) is 15.3. The molecule has 4 N–H and O–H groups in total. The summed E-state index contributed by atoms with van der Waals surface area (Å²) in [5.74, 6) is 0.0291. The molecule has 1 aromatic rings. The second-order valence-corrected chi connectivity index (χ2v) is 5.80. The second-order valence-electron chi connectivity index (χ2n) is 5.80. The molecule has 0 fully saturated rings. The number of halogens is 1. The Morgan fingerprint density at radius 3 is 2.70 bits per heavy atom. The first kappa shape index (κ1) is 16.4. The van der Waals surface area contributed by atoms with Crippen molar-refractivity contribution in [3.63, 3.8) is 0 Å². The summed E-state index contributed by atoms with van der Waals surface area (Å²) in [6, 6.07) is 5.31. The maximum absolute atomic E-state index is 13.5. The Labute approximate surface area is 119 Å². The van der Waals surface area contributed by atoms with Crippen molar-refractivity contribution < 1.29 is 9.60 Å². The van der Waals surface area contributed by atoms with E-state index in [2.05, 4.69) is 10.5 Å². The summed E-state index contributed by atoms with van der Waals surface area (Å²) in [7, 11) is 0. The van der Waals surface area contributed by atoms with Crippen LogP contribution in [0.15, 0.2) is 23.4 Å². The van der Waals surface area contributed by atoms with Gasteiger partial charge in [-0.3, -0.25) is 0 Å². The smallest absolute Gasteiger partial charge is 0.144 e. The standard InChI is InChI=1S/C15H24FN3O/c1-10-5-6-12(9-13(10)16)11(2)18-8-7-15(3,4)14(17)19-20/h5-6,9,11,18,20H,7-8H2,1-4H3,(H2,17,19). The van der Waals surface area contributed by atoms with Crippen LogP contribution in [-0.2, 0) is 0 Å². The van der Waals surface area contributed by atoms with E-state index in [1.54, 1.807) is 19.1 Å². The minimum absolute atomic E-state index is 0.0492. The van der Waals surface area contributed by atoms with Gasteiger partial charge in [0.2, 0.25) is 0 Å². The lowest BCUT2D eigenvalue weighted by molar-refractivity contribution is 0.304. The van der Waals surface area contributed by atoms with Gasteiger partial charge >= 0.3 is 0 Å². The van der Waals surface area contributed by atoms with Crippen molar-refractivity contribution in [1.82, 2.24) is 5.32 Å². The average Bonchev–Trinajstić information content (AvgIpc) is 2.40. The Bertz CT molecular complexity index is 486. The summed E-state index contributed by atoms with van der Waals surface area (Å²) in [5.41, 5.74) is 6.82. The molecule has 0 heterocycles. The van der Waals surface area contributed by atoms with Gasteiger partial charge in [0.25, 0.3) is 0 Å². The molecule has 0 saturated heterocycles. The van der Waals surface area contributed by atoms with Crippen LogP contribution in [0.1, 0.15) is 44.4 Å². The van der Waals surface area contributed by atoms with E-state index in [0.29, 0.717) is 12.1 Å². The Kier molecular flexibility index (Phi) is 5.51. The van der Waals surface area contributed by atoms with Crippen molar-refractivity contribution >= 4 is 5.84 Å². The monoisotopic (exact) mass is 281 g/mol. The van der Waals surface area contributed by atoms with Crippen LogP contribution < -0.4 is 11.1 Å². The van der Waals surface area contributed by atoms with E-state index >= 15 is 0 Å². The number of benzene rings is 1. The fourth-order valence-electron chi connectivity index (χ4n) is 1.86. The van der Waals surface area contributed by atoms with Crippen LogP contribution in [0.25, 0.3) is 0 Å². The molecular formula is C15H24FN3O. The quantitative estimate of drug-likeness (QED) is 0.325. The van der Waals surface area contributed by atoms with Crippen molar-refractivity contribution in [1.29, 1.82) is 0 Å². The molecule has 0 saturated carbocycles. The second kappa shape index (κ2) is 6.70. The molecule has 1 aromatic carbocycles. The predicted octanol–water partition coefficient (Wildman–Crippen LogP) is 2.95. The third kappa shape index (κ3) is 4.20. The van der Waals surface area contributed by atoms with Gasteiger partial charge in [-0.2, -0.15) is 0 Å². The number of aryl methyl sites for hydroxylation is 1. The highest BCUT2D eigenvalue weighted by molar-refractivity contribution is 5.85. The highest BCUT2D eigenvalue weighted by Gasteiger charge is 2.23. The van der Waals surface area contributed by atoms with Crippen molar-refractivity contribution in [2.24, 2.45) is 16.3 Å². The molecule has 0 radical (unpaired) electrons. The van der Waals surface area contributed by atoms with E-state index in [9.17, 15) is 4.39 Å². The van der Waals surface area contributed by atoms with E-state index in [4.69, 9.17) is 10.9 Å². The lowest BCUT2D eigenvalue weighted by atomic mass is 9.88. The number of amidine groups is 1. The van der Waals surface area contributed by atoms with E-state index in [1.807, 2.05) is 26.8 Å². The molecule has 4 nitrogen and oxygen atoms in total. The Morgan fingerprint density at radius 2 is 2.15 bits per heavy atom. The minimum atomic E-state index is -0.375. The summed E-state index contributed by atoms with van der Waals surface area (Å²) in [5, 5.41) is 15.1. The first-order chi connectivity index (χ1) is 9.27. The fourth-order valence-corrected chi connectivity index (χ4v) is 1.86. The van der Waals surface area contributed by atoms with Crippen LogP contribution in [0.2, 0.25) is 0 Å². The SMILES string of the molecule is Cc1ccc(C(C)NCCC(C)(C)/C(N)=N/O)cc1F. The maximum Gasteiger partial charge on any atom is 0.144 e. The van der Waals surface area contributed by atoms with E-state index in [-0.39, 0.29) is 23.1 Å². The Balaban J connectivity index is 2.55. The first-order valence-corrected chi connectivity index (χ1v) is 6.75. The van der Waals surface area contributed by atoms with Gasteiger partial charge in [0, 0.05) is 11.5 Å². The van der Waals surface area contributed by atoms with E-state index < -0.39 is 0 Å². The van der Waals surface area contributed by atoms with Gasteiger partial charge in [0.1, 0.15) is 11.7 Å². The number of nitrogens with two attached hydrogens (primary N) is 1. The summed E-state index contributed by atoms with van der Waals surface area (Å²) < 4.78 is 13.5. The molecule has 0 amide bonds. The van der Waals surface area contributed by atoms with Crippen LogP contribution in [0.5, 0.6) is 0 Å². The summed E-state index contributed by atoms with van der Waals surface area (Å²) in [4.78, 5) is 0. The van der Waals surface area contributed by atoms with E-state index in [0.717, 1.165) is 12.0 Å². The van der Waals surface area contributed by atoms with Crippen LogP contribution in [0.4, 0.5) is 4.39 Å². The molecule has 0 aliphatic carbocycles. The molecule has 0 aromatic heterocycles. The molecule has 0 aliphatic rings. The average molecular weight is 281 g/mol. The molecule has 1 unspecified atom stereocenters. The topological polar surface area (TPSA) is 70.6 Å². The maximum atomic E-state index is 13.5. The Morgan fingerprint density at radius 1 is 1.50 bits per heavy atom. The third-order valence-corrected chi connectivity index (χ3v) is 3.70. The van der Waals surface area contributed by atoms with Crippen molar-refractivity contribution in [2.45, 2.75) is 40.2 Å². The van der Waals surface area contributed by atoms with Crippen molar-refractivity contribution in [3.8, 4) is 0 Å². The molecule has 1 atom stereocenters. The van der Waals surface area contributed by atoms with Gasteiger partial charge in [-0.05, 0) is 44.0 Å². The number of nitrogens with one attached hydrogen (secondary N) is 1. The highest BCUT2D eigenvalue weighted by Crippen LogP contribution is 2.21. The number of nitrogens with zero attached hydrogens (tertiary/aromatic N) is 1. The lowest BCUT2D eigenvalue weighted by Gasteiger charge is -2.24. The van der Waals surface area contributed by atoms with Crippen LogP contribution in [-0.4, -0.2) is 17.6 Å². The van der Waals surface area contributed by atoms with Crippen LogP contribution >= 0.6 is 0 Å². The third-order valence-electron chi connectivity index (χ3n) is 3.70. The summed E-state index contributed by atoms with van der Waals surface area (Å²) >= 11 is 0. The number of oxime groups is 1. The first-order valence-electron chi connectivity index (χ1n) is 6.75. The zero-order valence-corrected chi connectivity index (χ0v) is 12.6. The summed E-state index contributed by atoms with van der Waals surface area (Å²) in [6.07, 6.45) is 0.724. The zero-order valence-electron chi connectivity index (χ0n) is 12.6. The number of hydrogen-bond donors (Lipinski definition) is 3. The predicted molar refractivity (Wildman–Crippen MR) is 79.4 cm³/mol. The molecule has 1 rings (SSSR count). The van der Waals surface area contributed by atoms with Crippen molar-refractivity contribution in [2.75, 3.05) is 6.54 Å². The Hall–Kier alpha value is -1.62. The fraction of sp³-hybridized carbons (Fsp3) is 0.533. The normalized spacial score (nSPS) is 14.3. The number of hydrogen-bond acceptors (Lipinski definition) is 3. The molecule has 20 heavy (non-hydrogen) atoms. The van der Waals surface area contributed by atoms with Gasteiger partial charge in [-0.1, -0.05) is 31.1 Å². The van der Waals surface area contributed by atoms with Gasteiger partial charge in [-0.15, -0.1) is 0 Å². The lowest BCUT2D eigenvalue weighted by Crippen LogP contribution is -2.35. The molecule has 5 heteroatoms. The molecule has 112 valence electrons. The molecular weight excluding hydrogens is 257 g/mol. The number of rotatable bonds is 6. The molecule has 0 bridgehead atoms. The highest BCUT2D eigenvalue weighted by atomic mass is 19.1. The van der Waals surface area contributed by atoms with Crippen LogP contribution in [0.3, 0.4) is 0 Å². The van der Waals surface area contributed by atoms with Crippen molar-refractivity contribution in [3.05, 3.63) is 35.1 Å².